The van der Waals surface area contributed by atoms with E-state index in [0.717, 1.165) is 24.8 Å². The van der Waals surface area contributed by atoms with Gasteiger partial charge in [-0.3, -0.25) is 14.8 Å². The molecule has 1 aliphatic carbocycles. The van der Waals surface area contributed by atoms with Crippen LogP contribution in [0.4, 0.5) is 0 Å². The van der Waals surface area contributed by atoms with E-state index in [9.17, 15) is 9.59 Å². The molecule has 3 atom stereocenters. The predicted molar refractivity (Wildman–Crippen MR) is 105 cm³/mol. The Morgan fingerprint density at radius 2 is 2.10 bits per heavy atom. The molecule has 1 saturated heterocycles. The zero-order valence-electron chi connectivity index (χ0n) is 16.3. The molecule has 2 heterocycles. The lowest BCUT2D eigenvalue weighted by Gasteiger charge is -2.37. The van der Waals surface area contributed by atoms with E-state index in [-0.39, 0.29) is 23.8 Å². The first-order valence-corrected chi connectivity index (χ1v) is 10.1. The molecule has 2 aliphatic heterocycles. The smallest absolute Gasteiger partial charge is 0.274 e. The summed E-state index contributed by atoms with van der Waals surface area (Å²) in [5, 5.41) is 8.90. The SMILES string of the molecule is O=C(NO)c1ccc2c(c1)OC[C@H](C1C=CC=CC1)N(C(=O)[C@@H]1CCCOC1)C2. The molecule has 2 N–H and O–H groups in total. The monoisotopic (exact) mass is 398 g/mol. The fraction of sp³-hybridized carbons (Fsp3) is 0.455. The Morgan fingerprint density at radius 1 is 1.21 bits per heavy atom. The van der Waals surface area contributed by atoms with Crippen LogP contribution < -0.4 is 10.2 Å². The highest BCUT2D eigenvalue weighted by Gasteiger charge is 2.37. The summed E-state index contributed by atoms with van der Waals surface area (Å²) in [6.45, 7) is 1.95. The molecular formula is C22H26N2O5. The second kappa shape index (κ2) is 8.80. The topological polar surface area (TPSA) is 88.1 Å². The summed E-state index contributed by atoms with van der Waals surface area (Å²) in [6, 6.07) is 4.93. The number of rotatable bonds is 3. The molecule has 0 aromatic heterocycles. The molecule has 7 heteroatoms. The zero-order valence-corrected chi connectivity index (χ0v) is 16.3. The number of allylic oxidation sites excluding steroid dienone is 3. The molecule has 7 nitrogen and oxygen atoms in total. The number of hydroxylamine groups is 1. The van der Waals surface area contributed by atoms with Crippen molar-refractivity contribution in [3.05, 3.63) is 53.6 Å². The molecule has 3 aliphatic rings. The molecule has 4 rings (SSSR count). The Hall–Kier alpha value is -2.64. The van der Waals surface area contributed by atoms with Crippen molar-refractivity contribution in [3.63, 3.8) is 0 Å². The van der Waals surface area contributed by atoms with E-state index in [1.54, 1.807) is 23.7 Å². The number of amides is 2. The van der Waals surface area contributed by atoms with Crippen molar-refractivity contribution >= 4 is 11.8 Å². The van der Waals surface area contributed by atoms with Crippen molar-refractivity contribution in [1.82, 2.24) is 10.4 Å². The minimum Gasteiger partial charge on any atom is -0.491 e. The first kappa shape index (κ1) is 19.7. The van der Waals surface area contributed by atoms with Crippen molar-refractivity contribution < 1.29 is 24.3 Å². The summed E-state index contributed by atoms with van der Waals surface area (Å²) in [5.74, 6) is 0.121. The predicted octanol–water partition coefficient (Wildman–Crippen LogP) is 2.45. The number of carbonyl (C=O) groups is 2. The fourth-order valence-corrected chi connectivity index (χ4v) is 4.24. The lowest BCUT2D eigenvalue weighted by Crippen LogP contribution is -2.49. The van der Waals surface area contributed by atoms with Crippen molar-refractivity contribution in [2.45, 2.75) is 31.8 Å². The van der Waals surface area contributed by atoms with Crippen LogP contribution in [0.25, 0.3) is 0 Å². The highest BCUT2D eigenvalue weighted by atomic mass is 16.5. The molecule has 154 valence electrons. The van der Waals surface area contributed by atoms with E-state index in [2.05, 4.69) is 12.2 Å². The standard InChI is InChI=1S/C22H26N2O5/c25-21(23-27)16-8-9-17-12-24(22(26)18-7-4-10-28-13-18)19(14-29-20(17)11-16)15-5-2-1-3-6-15/h1-3,5,8-9,11,15,18-19,27H,4,6-7,10,12-14H2,(H,23,25)/t15?,18-,19-/m1/s1. The van der Waals surface area contributed by atoms with Crippen LogP contribution >= 0.6 is 0 Å². The van der Waals surface area contributed by atoms with Gasteiger partial charge >= 0.3 is 0 Å². The van der Waals surface area contributed by atoms with Gasteiger partial charge in [0.05, 0.1) is 18.6 Å². The van der Waals surface area contributed by atoms with Gasteiger partial charge in [-0.1, -0.05) is 30.4 Å². The Bertz CT molecular complexity index is 828. The second-order valence-electron chi connectivity index (χ2n) is 7.73. The summed E-state index contributed by atoms with van der Waals surface area (Å²) < 4.78 is 11.6. The highest BCUT2D eigenvalue weighted by Crippen LogP contribution is 2.32. The first-order valence-electron chi connectivity index (χ1n) is 10.1. The largest absolute Gasteiger partial charge is 0.491 e. The number of fused-ring (bicyclic) bond motifs is 1. The van der Waals surface area contributed by atoms with E-state index in [0.29, 0.717) is 37.7 Å². The number of ether oxygens (including phenoxy) is 2. The summed E-state index contributed by atoms with van der Waals surface area (Å²) in [5.41, 5.74) is 2.80. The number of benzene rings is 1. The van der Waals surface area contributed by atoms with E-state index >= 15 is 0 Å². The normalized spacial score (nSPS) is 26.2. The van der Waals surface area contributed by atoms with E-state index in [1.807, 2.05) is 17.1 Å². The number of nitrogens with zero attached hydrogens (tertiary/aromatic N) is 1. The van der Waals surface area contributed by atoms with E-state index < -0.39 is 5.91 Å². The van der Waals surface area contributed by atoms with Gasteiger partial charge in [-0.2, -0.15) is 0 Å². The van der Waals surface area contributed by atoms with Crippen LogP contribution in [-0.4, -0.2) is 47.8 Å². The minimum atomic E-state index is -0.593. The van der Waals surface area contributed by atoms with Gasteiger partial charge in [0.15, 0.2) is 0 Å². The van der Waals surface area contributed by atoms with Crippen molar-refractivity contribution in [3.8, 4) is 5.75 Å². The Morgan fingerprint density at radius 3 is 2.83 bits per heavy atom. The van der Waals surface area contributed by atoms with Crippen LogP contribution in [-0.2, 0) is 16.1 Å². The third kappa shape index (κ3) is 4.21. The molecule has 29 heavy (non-hydrogen) atoms. The molecule has 0 spiro atoms. The van der Waals surface area contributed by atoms with Gasteiger partial charge in [0.25, 0.3) is 5.91 Å². The number of hydrogen-bond donors (Lipinski definition) is 2. The number of nitrogens with one attached hydrogen (secondary N) is 1. The van der Waals surface area contributed by atoms with Gasteiger partial charge in [0.2, 0.25) is 5.91 Å². The third-order valence-electron chi connectivity index (χ3n) is 5.88. The Kier molecular flexibility index (Phi) is 5.97. The van der Waals surface area contributed by atoms with Crippen LogP contribution in [0.15, 0.2) is 42.5 Å². The molecule has 1 aromatic rings. The zero-order chi connectivity index (χ0) is 20.2. The van der Waals surface area contributed by atoms with E-state index in [1.165, 1.54) is 0 Å². The van der Waals surface area contributed by atoms with Gasteiger partial charge in [-0.05, 0) is 31.4 Å². The lowest BCUT2D eigenvalue weighted by molar-refractivity contribution is -0.144. The van der Waals surface area contributed by atoms with Gasteiger partial charge in [0, 0.05) is 30.2 Å². The highest BCUT2D eigenvalue weighted by molar-refractivity contribution is 5.93. The maximum absolute atomic E-state index is 13.4. The van der Waals surface area contributed by atoms with Crippen molar-refractivity contribution in [1.29, 1.82) is 0 Å². The quantitative estimate of drug-likeness (QED) is 0.603. The van der Waals surface area contributed by atoms with E-state index in [4.69, 9.17) is 14.7 Å². The fourth-order valence-electron chi connectivity index (χ4n) is 4.24. The van der Waals surface area contributed by atoms with Gasteiger partial charge in [-0.15, -0.1) is 0 Å². The molecule has 1 fully saturated rings. The minimum absolute atomic E-state index is 0.103. The maximum Gasteiger partial charge on any atom is 0.274 e. The summed E-state index contributed by atoms with van der Waals surface area (Å²) >= 11 is 0. The summed E-state index contributed by atoms with van der Waals surface area (Å²) in [7, 11) is 0. The average Bonchev–Trinajstić information content (AvgIpc) is 2.98. The maximum atomic E-state index is 13.4. The third-order valence-corrected chi connectivity index (χ3v) is 5.88. The van der Waals surface area contributed by atoms with Crippen molar-refractivity contribution in [2.75, 3.05) is 19.8 Å². The van der Waals surface area contributed by atoms with Crippen LogP contribution in [0.5, 0.6) is 5.75 Å². The Labute approximate surface area is 169 Å². The Balaban J connectivity index is 1.64. The van der Waals surface area contributed by atoms with Crippen LogP contribution in [0.2, 0.25) is 0 Å². The molecule has 0 radical (unpaired) electrons. The molecule has 2 amide bonds. The molecule has 0 bridgehead atoms. The number of carbonyl (C=O) groups excluding carboxylic acids is 2. The number of hydrogen-bond acceptors (Lipinski definition) is 5. The summed E-state index contributed by atoms with van der Waals surface area (Å²) in [4.78, 5) is 27.1. The molecule has 1 unspecified atom stereocenters. The van der Waals surface area contributed by atoms with Crippen LogP contribution in [0.3, 0.4) is 0 Å². The molecule has 1 aromatic carbocycles. The first-order chi connectivity index (χ1) is 14.2. The second-order valence-corrected chi connectivity index (χ2v) is 7.73. The van der Waals surface area contributed by atoms with Crippen LogP contribution in [0.1, 0.15) is 35.2 Å². The lowest BCUT2D eigenvalue weighted by atomic mass is 9.90. The van der Waals surface area contributed by atoms with Crippen LogP contribution in [0, 0.1) is 11.8 Å². The molecule has 0 saturated carbocycles. The summed E-state index contributed by atoms with van der Waals surface area (Å²) in [6.07, 6.45) is 10.9. The van der Waals surface area contributed by atoms with Gasteiger partial charge in [0.1, 0.15) is 12.4 Å². The van der Waals surface area contributed by atoms with Crippen molar-refractivity contribution in [2.24, 2.45) is 11.8 Å². The average molecular weight is 398 g/mol. The van der Waals surface area contributed by atoms with Gasteiger partial charge in [-0.25, -0.2) is 5.48 Å². The van der Waals surface area contributed by atoms with Gasteiger partial charge < -0.3 is 14.4 Å². The molecular weight excluding hydrogens is 372 g/mol.